The van der Waals surface area contributed by atoms with E-state index in [-0.39, 0.29) is 18.5 Å². The van der Waals surface area contributed by atoms with Crippen LogP contribution in [0.2, 0.25) is 0 Å². The third-order valence-electron chi connectivity index (χ3n) is 3.64. The van der Waals surface area contributed by atoms with Crippen LogP contribution in [0.15, 0.2) is 48.5 Å². The van der Waals surface area contributed by atoms with E-state index in [1.54, 1.807) is 19.1 Å². The largest absolute Gasteiger partial charge is 0.396 e. The van der Waals surface area contributed by atoms with E-state index < -0.39 is 0 Å². The van der Waals surface area contributed by atoms with Gasteiger partial charge in [0.15, 0.2) is 0 Å². The predicted molar refractivity (Wildman–Crippen MR) is 83.5 cm³/mol. The number of aliphatic hydroxyl groups excluding tert-OH is 1. The minimum Gasteiger partial charge on any atom is -0.396 e. The number of aryl methyl sites for hydroxylation is 1. The molecule has 21 heavy (non-hydrogen) atoms. The lowest BCUT2D eigenvalue weighted by Crippen LogP contribution is -2.21. The van der Waals surface area contributed by atoms with E-state index in [4.69, 9.17) is 5.11 Å². The van der Waals surface area contributed by atoms with Crippen LogP contribution in [0.5, 0.6) is 0 Å². The van der Waals surface area contributed by atoms with Gasteiger partial charge in [-0.2, -0.15) is 0 Å². The molecule has 0 spiro atoms. The zero-order valence-electron chi connectivity index (χ0n) is 12.3. The Morgan fingerprint density at radius 2 is 1.90 bits per heavy atom. The molecule has 3 heteroatoms. The highest BCUT2D eigenvalue weighted by molar-refractivity contribution is 5.24. The van der Waals surface area contributed by atoms with Crippen LogP contribution in [0.1, 0.15) is 35.6 Å². The van der Waals surface area contributed by atoms with E-state index in [0.717, 1.165) is 18.4 Å². The van der Waals surface area contributed by atoms with E-state index in [0.29, 0.717) is 12.1 Å². The standard InChI is InChI=1S/C18H22FNO/c1-14-9-10-15(12-17(14)19)13-20-18(8-5-11-21)16-6-3-2-4-7-16/h2-4,6-7,9-10,12,18,20-21H,5,8,11,13H2,1H3. The first-order valence-corrected chi connectivity index (χ1v) is 7.35. The molecular weight excluding hydrogens is 265 g/mol. The van der Waals surface area contributed by atoms with Crippen LogP contribution in [0.3, 0.4) is 0 Å². The van der Waals surface area contributed by atoms with Gasteiger partial charge < -0.3 is 10.4 Å². The first kappa shape index (κ1) is 15.7. The molecule has 0 aromatic heterocycles. The molecule has 2 aromatic carbocycles. The molecule has 2 nitrogen and oxygen atoms in total. The predicted octanol–water partition coefficient (Wildman–Crippen LogP) is 3.74. The monoisotopic (exact) mass is 287 g/mol. The molecule has 112 valence electrons. The van der Waals surface area contributed by atoms with Gasteiger partial charge in [-0.1, -0.05) is 42.5 Å². The van der Waals surface area contributed by atoms with Gasteiger partial charge >= 0.3 is 0 Å². The molecule has 2 rings (SSSR count). The lowest BCUT2D eigenvalue weighted by molar-refractivity contribution is 0.275. The maximum atomic E-state index is 13.6. The van der Waals surface area contributed by atoms with Crippen LogP contribution >= 0.6 is 0 Å². The van der Waals surface area contributed by atoms with E-state index in [1.165, 1.54) is 5.56 Å². The number of nitrogens with one attached hydrogen (secondary N) is 1. The summed E-state index contributed by atoms with van der Waals surface area (Å²) in [7, 11) is 0. The Labute approximate surface area is 125 Å². The van der Waals surface area contributed by atoms with Gasteiger partial charge in [-0.25, -0.2) is 4.39 Å². The average Bonchev–Trinajstić information content (AvgIpc) is 2.51. The van der Waals surface area contributed by atoms with Gasteiger partial charge in [-0.15, -0.1) is 0 Å². The first-order valence-electron chi connectivity index (χ1n) is 7.35. The smallest absolute Gasteiger partial charge is 0.126 e. The van der Waals surface area contributed by atoms with Crippen LogP contribution < -0.4 is 5.32 Å². The number of halogens is 1. The average molecular weight is 287 g/mol. The molecule has 0 aliphatic heterocycles. The zero-order chi connectivity index (χ0) is 15.1. The maximum absolute atomic E-state index is 13.6. The van der Waals surface area contributed by atoms with Crippen LogP contribution in [0.4, 0.5) is 4.39 Å². The van der Waals surface area contributed by atoms with Crippen molar-refractivity contribution in [2.75, 3.05) is 6.61 Å². The second-order valence-corrected chi connectivity index (χ2v) is 5.29. The molecular formula is C18H22FNO. The van der Waals surface area contributed by atoms with Crippen molar-refractivity contribution in [2.45, 2.75) is 32.4 Å². The van der Waals surface area contributed by atoms with Crippen molar-refractivity contribution >= 4 is 0 Å². The molecule has 0 aliphatic carbocycles. The summed E-state index contributed by atoms with van der Waals surface area (Å²) in [6, 6.07) is 15.6. The van der Waals surface area contributed by atoms with Crippen molar-refractivity contribution in [2.24, 2.45) is 0 Å². The van der Waals surface area contributed by atoms with Crippen molar-refractivity contribution in [1.82, 2.24) is 5.32 Å². The Kier molecular flexibility index (Phi) is 5.90. The fourth-order valence-electron chi connectivity index (χ4n) is 2.35. The van der Waals surface area contributed by atoms with E-state index in [9.17, 15) is 4.39 Å². The van der Waals surface area contributed by atoms with Crippen molar-refractivity contribution in [3.8, 4) is 0 Å². The van der Waals surface area contributed by atoms with Crippen LogP contribution in [0.25, 0.3) is 0 Å². The Morgan fingerprint density at radius 3 is 2.57 bits per heavy atom. The lowest BCUT2D eigenvalue weighted by Gasteiger charge is -2.19. The number of aliphatic hydroxyl groups is 1. The zero-order valence-corrected chi connectivity index (χ0v) is 12.3. The summed E-state index contributed by atoms with van der Waals surface area (Å²) >= 11 is 0. The number of hydrogen-bond donors (Lipinski definition) is 2. The molecule has 1 atom stereocenters. The molecule has 2 aromatic rings. The van der Waals surface area contributed by atoms with Gasteiger partial charge in [0, 0.05) is 19.2 Å². The molecule has 1 unspecified atom stereocenters. The molecule has 0 saturated carbocycles. The van der Waals surface area contributed by atoms with Gasteiger partial charge in [0.25, 0.3) is 0 Å². The highest BCUT2D eigenvalue weighted by atomic mass is 19.1. The SMILES string of the molecule is Cc1ccc(CNC(CCCO)c2ccccc2)cc1F. The van der Waals surface area contributed by atoms with Gasteiger partial charge in [-0.05, 0) is 42.5 Å². The van der Waals surface area contributed by atoms with E-state index in [2.05, 4.69) is 17.4 Å². The molecule has 2 N–H and O–H groups in total. The summed E-state index contributed by atoms with van der Waals surface area (Å²) in [5, 5.41) is 12.5. The highest BCUT2D eigenvalue weighted by Gasteiger charge is 2.10. The fourth-order valence-corrected chi connectivity index (χ4v) is 2.35. The summed E-state index contributed by atoms with van der Waals surface area (Å²) in [4.78, 5) is 0. The third-order valence-corrected chi connectivity index (χ3v) is 3.64. The quantitative estimate of drug-likeness (QED) is 0.813. The van der Waals surface area contributed by atoms with Crippen LogP contribution in [-0.2, 0) is 6.54 Å². The van der Waals surface area contributed by atoms with E-state index >= 15 is 0 Å². The lowest BCUT2D eigenvalue weighted by atomic mass is 10.0. The second-order valence-electron chi connectivity index (χ2n) is 5.29. The van der Waals surface area contributed by atoms with Gasteiger partial charge in [0.05, 0.1) is 0 Å². The Morgan fingerprint density at radius 1 is 1.14 bits per heavy atom. The summed E-state index contributed by atoms with van der Waals surface area (Å²) < 4.78 is 13.6. The Bertz CT molecular complexity index is 556. The molecule has 0 saturated heterocycles. The molecule has 0 aliphatic rings. The van der Waals surface area contributed by atoms with Crippen molar-refractivity contribution in [1.29, 1.82) is 0 Å². The normalized spacial score (nSPS) is 12.3. The molecule has 0 bridgehead atoms. The van der Waals surface area contributed by atoms with Crippen molar-refractivity contribution in [3.05, 3.63) is 71.0 Å². The molecule has 0 fully saturated rings. The summed E-state index contributed by atoms with van der Waals surface area (Å²) in [6.07, 6.45) is 1.60. The Balaban J connectivity index is 2.03. The van der Waals surface area contributed by atoms with Crippen molar-refractivity contribution in [3.63, 3.8) is 0 Å². The third kappa shape index (κ3) is 4.66. The van der Waals surface area contributed by atoms with Crippen LogP contribution in [0, 0.1) is 12.7 Å². The summed E-state index contributed by atoms with van der Waals surface area (Å²) in [5.41, 5.74) is 2.79. The highest BCUT2D eigenvalue weighted by Crippen LogP contribution is 2.19. The van der Waals surface area contributed by atoms with Crippen LogP contribution in [-0.4, -0.2) is 11.7 Å². The second kappa shape index (κ2) is 7.91. The number of benzene rings is 2. The topological polar surface area (TPSA) is 32.3 Å². The minimum absolute atomic E-state index is 0.166. The fraction of sp³-hybridized carbons (Fsp3) is 0.333. The Hall–Kier alpha value is -1.71. The van der Waals surface area contributed by atoms with Gasteiger partial charge in [-0.3, -0.25) is 0 Å². The maximum Gasteiger partial charge on any atom is 0.126 e. The van der Waals surface area contributed by atoms with Gasteiger partial charge in [0.1, 0.15) is 5.82 Å². The minimum atomic E-state index is -0.166. The summed E-state index contributed by atoms with van der Waals surface area (Å²) in [5.74, 6) is -0.166. The molecule has 0 radical (unpaired) electrons. The number of rotatable bonds is 7. The van der Waals surface area contributed by atoms with Gasteiger partial charge in [0.2, 0.25) is 0 Å². The van der Waals surface area contributed by atoms with Crippen molar-refractivity contribution < 1.29 is 9.50 Å². The molecule has 0 amide bonds. The first-order chi connectivity index (χ1) is 10.2. The summed E-state index contributed by atoms with van der Waals surface area (Å²) in [6.45, 7) is 2.56. The molecule has 0 heterocycles. The van der Waals surface area contributed by atoms with E-state index in [1.807, 2.05) is 24.3 Å². The number of hydrogen-bond acceptors (Lipinski definition) is 2.